The first-order valence-electron chi connectivity index (χ1n) is 10.4. The van der Waals surface area contributed by atoms with Crippen LogP contribution in [0.1, 0.15) is 57.9 Å². The number of aliphatic carboxylic acids is 1. The second-order valence-electron chi connectivity index (χ2n) is 8.98. The fourth-order valence-corrected chi connectivity index (χ4v) is 5.33. The highest BCUT2D eigenvalue weighted by Gasteiger charge is 2.53. The summed E-state index contributed by atoms with van der Waals surface area (Å²) in [4.78, 5) is 10.7. The van der Waals surface area contributed by atoms with Crippen LogP contribution < -0.4 is 0 Å². The van der Waals surface area contributed by atoms with Crippen molar-refractivity contribution in [2.24, 2.45) is 17.3 Å². The van der Waals surface area contributed by atoms with Gasteiger partial charge in [0.05, 0.1) is 18.6 Å². The predicted molar refractivity (Wildman–Crippen MR) is 111 cm³/mol. The van der Waals surface area contributed by atoms with Gasteiger partial charge in [-0.25, -0.2) is 4.39 Å². The van der Waals surface area contributed by atoms with Crippen LogP contribution in [0.25, 0.3) is 5.57 Å². The molecule has 0 amide bonds. The van der Waals surface area contributed by atoms with Crippen molar-refractivity contribution in [3.63, 3.8) is 0 Å². The molecule has 4 unspecified atom stereocenters. The molecule has 0 aromatic heterocycles. The maximum atomic E-state index is 13.5. The summed E-state index contributed by atoms with van der Waals surface area (Å²) in [6.45, 7) is 8.75. The van der Waals surface area contributed by atoms with E-state index in [0.29, 0.717) is 18.8 Å². The normalized spacial score (nSPS) is 25.7. The summed E-state index contributed by atoms with van der Waals surface area (Å²) >= 11 is 0. The van der Waals surface area contributed by atoms with Gasteiger partial charge in [-0.05, 0) is 66.7 Å². The van der Waals surface area contributed by atoms with E-state index in [1.54, 1.807) is 0 Å². The Balaban J connectivity index is 1.86. The van der Waals surface area contributed by atoms with E-state index < -0.39 is 18.2 Å². The predicted octanol–water partition coefficient (Wildman–Crippen LogP) is 4.57. The summed E-state index contributed by atoms with van der Waals surface area (Å²) in [5.74, 6) is -0.671. The minimum Gasteiger partial charge on any atom is -0.481 e. The van der Waals surface area contributed by atoms with Crippen LogP contribution >= 0.6 is 0 Å². The zero-order valence-corrected chi connectivity index (χ0v) is 17.2. The van der Waals surface area contributed by atoms with Crippen molar-refractivity contribution in [1.82, 2.24) is 0 Å². The second-order valence-corrected chi connectivity index (χ2v) is 8.98. The topological polar surface area (TPSA) is 77.8 Å². The van der Waals surface area contributed by atoms with Gasteiger partial charge in [0, 0.05) is 5.92 Å². The molecule has 1 saturated carbocycles. The molecule has 4 nitrogen and oxygen atoms in total. The van der Waals surface area contributed by atoms with Gasteiger partial charge in [0.2, 0.25) is 0 Å². The summed E-state index contributed by atoms with van der Waals surface area (Å²) in [5.41, 5.74) is 4.76. The fourth-order valence-electron chi connectivity index (χ4n) is 5.33. The van der Waals surface area contributed by atoms with Crippen molar-refractivity contribution in [3.05, 3.63) is 53.4 Å². The molecule has 0 heterocycles. The lowest BCUT2D eigenvalue weighted by Crippen LogP contribution is -2.27. The van der Waals surface area contributed by atoms with Gasteiger partial charge in [0.25, 0.3) is 0 Å². The minimum atomic E-state index is -1.07. The van der Waals surface area contributed by atoms with Gasteiger partial charge in [-0.2, -0.15) is 0 Å². The van der Waals surface area contributed by atoms with Gasteiger partial charge in [-0.15, -0.1) is 0 Å². The fraction of sp³-hybridized carbons (Fsp3) is 0.542. The highest BCUT2D eigenvalue weighted by atomic mass is 19.1. The standard InChI is InChI=1S/C24H31FO4/c1-14(2)24-12-15(3)20(13-24)23(16-4-6-17(25)7-5-16)21(24)9-8-18(26)10-19(27)11-22(28)29/h4-7,14,18-20,26-27H,3,8-13H2,1-2H3,(H,28,29). The number of benzene rings is 1. The van der Waals surface area contributed by atoms with Gasteiger partial charge in [-0.1, -0.05) is 43.7 Å². The van der Waals surface area contributed by atoms with Gasteiger partial charge in [0.15, 0.2) is 0 Å². The Morgan fingerprint density at radius 3 is 2.48 bits per heavy atom. The average Bonchev–Trinajstić information content (AvgIpc) is 3.13. The Hall–Kier alpha value is -1.98. The van der Waals surface area contributed by atoms with E-state index in [9.17, 15) is 19.4 Å². The van der Waals surface area contributed by atoms with Crippen molar-refractivity contribution in [2.45, 2.75) is 64.6 Å². The molecular formula is C24H31FO4. The van der Waals surface area contributed by atoms with E-state index in [4.69, 9.17) is 5.11 Å². The maximum Gasteiger partial charge on any atom is 0.305 e. The molecule has 1 aromatic rings. The Morgan fingerprint density at radius 2 is 1.90 bits per heavy atom. The molecule has 158 valence electrons. The molecule has 2 aliphatic carbocycles. The van der Waals surface area contributed by atoms with Crippen LogP contribution in [0.3, 0.4) is 0 Å². The number of halogens is 1. The van der Waals surface area contributed by atoms with Crippen LogP contribution in [0.2, 0.25) is 0 Å². The largest absolute Gasteiger partial charge is 0.481 e. The molecule has 1 fully saturated rings. The smallest absolute Gasteiger partial charge is 0.305 e. The SMILES string of the molecule is C=C1CC2(C(C)C)CC1C(c1ccc(F)cc1)=C2CCC(O)CC(O)CC(=O)O. The van der Waals surface area contributed by atoms with Gasteiger partial charge in [0.1, 0.15) is 5.82 Å². The lowest BCUT2D eigenvalue weighted by molar-refractivity contribution is -0.139. The number of rotatable bonds is 9. The van der Waals surface area contributed by atoms with Crippen LogP contribution in [-0.4, -0.2) is 33.5 Å². The van der Waals surface area contributed by atoms with Crippen molar-refractivity contribution in [2.75, 3.05) is 0 Å². The molecule has 29 heavy (non-hydrogen) atoms. The van der Waals surface area contributed by atoms with Crippen molar-refractivity contribution in [3.8, 4) is 0 Å². The summed E-state index contributed by atoms with van der Waals surface area (Å²) in [6, 6.07) is 6.60. The molecule has 2 aliphatic rings. The molecule has 0 saturated heterocycles. The first kappa shape index (κ1) is 21.7. The van der Waals surface area contributed by atoms with E-state index in [1.807, 2.05) is 12.1 Å². The summed E-state index contributed by atoms with van der Waals surface area (Å²) in [7, 11) is 0. The lowest BCUT2D eigenvalue weighted by Gasteiger charge is -2.37. The molecule has 1 aromatic carbocycles. The van der Waals surface area contributed by atoms with E-state index in [1.165, 1.54) is 28.9 Å². The van der Waals surface area contributed by atoms with E-state index in [0.717, 1.165) is 18.4 Å². The van der Waals surface area contributed by atoms with Crippen LogP contribution in [0, 0.1) is 23.1 Å². The number of allylic oxidation sites excluding steroid dienone is 3. The van der Waals surface area contributed by atoms with Crippen LogP contribution in [0.4, 0.5) is 4.39 Å². The Labute approximate surface area is 171 Å². The third-order valence-corrected chi connectivity index (χ3v) is 6.82. The molecular weight excluding hydrogens is 371 g/mol. The zero-order valence-electron chi connectivity index (χ0n) is 17.2. The molecule has 2 bridgehead atoms. The van der Waals surface area contributed by atoms with E-state index >= 15 is 0 Å². The number of aliphatic hydroxyl groups excluding tert-OH is 2. The highest BCUT2D eigenvalue weighted by Crippen LogP contribution is 2.66. The zero-order chi connectivity index (χ0) is 21.3. The molecule has 0 radical (unpaired) electrons. The summed E-state index contributed by atoms with van der Waals surface area (Å²) in [6.07, 6.45) is 0.954. The van der Waals surface area contributed by atoms with E-state index in [2.05, 4.69) is 20.4 Å². The number of hydrogen-bond acceptors (Lipinski definition) is 3. The molecule has 0 aliphatic heterocycles. The summed E-state index contributed by atoms with van der Waals surface area (Å²) in [5, 5.41) is 29.0. The van der Waals surface area contributed by atoms with Crippen molar-refractivity contribution < 1.29 is 24.5 Å². The van der Waals surface area contributed by atoms with E-state index in [-0.39, 0.29) is 30.0 Å². The number of carboxylic acids is 1. The lowest BCUT2D eigenvalue weighted by atomic mass is 9.68. The third-order valence-electron chi connectivity index (χ3n) is 6.82. The van der Waals surface area contributed by atoms with Crippen LogP contribution in [-0.2, 0) is 4.79 Å². The second kappa shape index (κ2) is 8.41. The monoisotopic (exact) mass is 402 g/mol. The summed E-state index contributed by atoms with van der Waals surface area (Å²) < 4.78 is 13.5. The highest BCUT2D eigenvalue weighted by molar-refractivity contribution is 5.78. The quantitative estimate of drug-likeness (QED) is 0.529. The van der Waals surface area contributed by atoms with Crippen molar-refractivity contribution >= 4 is 11.5 Å². The Kier molecular flexibility index (Phi) is 6.30. The number of fused-ring (bicyclic) bond motifs is 2. The Bertz CT molecular complexity index is 811. The van der Waals surface area contributed by atoms with Gasteiger partial charge >= 0.3 is 5.97 Å². The van der Waals surface area contributed by atoms with Gasteiger partial charge < -0.3 is 15.3 Å². The number of aliphatic hydroxyl groups is 2. The molecule has 3 rings (SSSR count). The minimum absolute atomic E-state index is 0.00483. The number of hydrogen-bond donors (Lipinski definition) is 3. The van der Waals surface area contributed by atoms with Crippen molar-refractivity contribution in [1.29, 1.82) is 0 Å². The first-order valence-corrected chi connectivity index (χ1v) is 10.4. The van der Waals surface area contributed by atoms with Crippen LogP contribution in [0.5, 0.6) is 0 Å². The average molecular weight is 403 g/mol. The molecule has 0 spiro atoms. The Morgan fingerprint density at radius 1 is 1.24 bits per heavy atom. The molecule has 5 heteroatoms. The maximum absolute atomic E-state index is 13.5. The van der Waals surface area contributed by atoms with Crippen LogP contribution in [0.15, 0.2) is 42.0 Å². The van der Waals surface area contributed by atoms with Gasteiger partial charge in [-0.3, -0.25) is 4.79 Å². The number of carbonyl (C=O) groups is 1. The molecule has 4 atom stereocenters. The first-order chi connectivity index (χ1) is 13.6. The molecule has 3 N–H and O–H groups in total. The number of carboxylic acid groups (broad SMARTS) is 1. The third kappa shape index (κ3) is 4.31.